The first-order valence-corrected chi connectivity index (χ1v) is 11.1. The van der Waals surface area contributed by atoms with Gasteiger partial charge in [0, 0.05) is 40.3 Å². The highest BCUT2D eigenvalue weighted by Gasteiger charge is 2.26. The second-order valence-electron chi connectivity index (χ2n) is 7.59. The highest BCUT2D eigenvalue weighted by molar-refractivity contribution is 7.14. The maximum absolute atomic E-state index is 6.01. The molecule has 1 aliphatic rings. The average Bonchev–Trinajstić information content (AvgIpc) is 3.26. The van der Waals surface area contributed by atoms with Gasteiger partial charge in [0.25, 0.3) is 0 Å². The van der Waals surface area contributed by atoms with Crippen LogP contribution in [0.4, 0.5) is 0 Å². The van der Waals surface area contributed by atoms with Crippen LogP contribution in [0.5, 0.6) is 0 Å². The lowest BCUT2D eigenvalue weighted by Crippen LogP contribution is -2.38. The van der Waals surface area contributed by atoms with Crippen molar-refractivity contribution in [2.24, 2.45) is 0 Å². The first-order chi connectivity index (χ1) is 14.2. The molecule has 6 heteroatoms. The number of pyridine rings is 1. The predicted octanol–water partition coefficient (Wildman–Crippen LogP) is 5.49. The minimum Gasteiger partial charge on any atom is -0.314 e. The summed E-state index contributed by atoms with van der Waals surface area (Å²) < 4.78 is 0. The van der Waals surface area contributed by atoms with Crippen LogP contribution in [0.1, 0.15) is 29.3 Å². The van der Waals surface area contributed by atoms with Crippen molar-refractivity contribution in [3.8, 4) is 10.6 Å². The van der Waals surface area contributed by atoms with E-state index in [1.807, 2.05) is 30.6 Å². The molecular weight excluding hydrogens is 400 g/mol. The number of nitrogens with zero attached hydrogens (tertiary/aromatic N) is 3. The van der Waals surface area contributed by atoms with Gasteiger partial charge in [-0.1, -0.05) is 47.2 Å². The molecule has 0 amide bonds. The van der Waals surface area contributed by atoms with Crippen molar-refractivity contribution < 1.29 is 0 Å². The summed E-state index contributed by atoms with van der Waals surface area (Å²) in [5.74, 6) is 0.462. The normalized spacial score (nSPS) is 19.5. The summed E-state index contributed by atoms with van der Waals surface area (Å²) in [5.41, 5.74) is 2.44. The third-order valence-electron chi connectivity index (χ3n) is 5.57. The van der Waals surface area contributed by atoms with E-state index in [-0.39, 0.29) is 0 Å². The van der Waals surface area contributed by atoms with Gasteiger partial charge >= 0.3 is 0 Å². The molecule has 0 spiro atoms. The van der Waals surface area contributed by atoms with Gasteiger partial charge in [-0.25, -0.2) is 0 Å². The molecule has 1 fully saturated rings. The highest BCUT2D eigenvalue weighted by Crippen LogP contribution is 2.34. The van der Waals surface area contributed by atoms with Gasteiger partial charge in [-0.3, -0.25) is 4.98 Å². The number of hydrogen-bond acceptors (Lipinski definition) is 5. The monoisotopic (exact) mass is 420 g/mol. The molecule has 0 radical (unpaired) electrons. The maximum atomic E-state index is 6.01. The fourth-order valence-corrected chi connectivity index (χ4v) is 5.14. The van der Waals surface area contributed by atoms with Crippen LogP contribution >= 0.6 is 22.9 Å². The molecule has 0 saturated carbocycles. The van der Waals surface area contributed by atoms with Crippen molar-refractivity contribution in [2.75, 3.05) is 6.54 Å². The number of nitrogens with one attached hydrogen (secondary N) is 1. The van der Waals surface area contributed by atoms with Gasteiger partial charge in [0.15, 0.2) is 0 Å². The molecule has 2 aromatic carbocycles. The van der Waals surface area contributed by atoms with E-state index in [1.54, 1.807) is 11.3 Å². The van der Waals surface area contributed by atoms with Gasteiger partial charge in [0.2, 0.25) is 0 Å². The molecule has 3 heterocycles. The summed E-state index contributed by atoms with van der Waals surface area (Å²) in [5, 5.41) is 18.0. The largest absolute Gasteiger partial charge is 0.314 e. The van der Waals surface area contributed by atoms with Crippen LogP contribution in [0, 0.1) is 0 Å². The third-order valence-corrected chi connectivity index (χ3v) is 6.95. The van der Waals surface area contributed by atoms with Gasteiger partial charge in [-0.2, -0.15) is 0 Å². The molecule has 1 aliphatic heterocycles. The Morgan fingerprint density at radius 1 is 1.03 bits per heavy atom. The van der Waals surface area contributed by atoms with Crippen LogP contribution in [0.2, 0.25) is 5.02 Å². The lowest BCUT2D eigenvalue weighted by Gasteiger charge is -2.29. The van der Waals surface area contributed by atoms with Crippen molar-refractivity contribution in [2.45, 2.75) is 31.2 Å². The molecule has 2 aromatic heterocycles. The Kier molecular flexibility index (Phi) is 5.27. The van der Waals surface area contributed by atoms with Crippen molar-refractivity contribution in [3.63, 3.8) is 0 Å². The minimum atomic E-state index is 0.454. The number of hydrogen-bond donors (Lipinski definition) is 1. The van der Waals surface area contributed by atoms with E-state index in [2.05, 4.69) is 50.8 Å². The van der Waals surface area contributed by atoms with Crippen LogP contribution in [-0.2, 0) is 6.42 Å². The molecule has 29 heavy (non-hydrogen) atoms. The number of piperidine rings is 1. The fourth-order valence-electron chi connectivity index (χ4n) is 4.02. The standard InChI is InChI=1S/C23H21ClN4S/c24-20-5-1-15(2-6-20)11-21-13-18(8-10-26-21)23-28-27-22(29-23)17-3-4-19-14-25-9-7-16(19)12-17/h1-7,9,12,14,18,21,26H,8,10-11,13H2/t18?,21-/m0/s1. The van der Waals surface area contributed by atoms with E-state index in [0.717, 1.165) is 51.8 Å². The molecule has 5 rings (SSSR count). The quantitative estimate of drug-likeness (QED) is 0.474. The van der Waals surface area contributed by atoms with Gasteiger partial charge in [0.1, 0.15) is 10.0 Å². The Hall–Kier alpha value is -2.34. The molecule has 4 aromatic rings. The van der Waals surface area contributed by atoms with E-state index in [0.29, 0.717) is 12.0 Å². The topological polar surface area (TPSA) is 50.7 Å². The van der Waals surface area contributed by atoms with Crippen LogP contribution in [0.3, 0.4) is 0 Å². The third kappa shape index (κ3) is 4.17. The Balaban J connectivity index is 1.32. The summed E-state index contributed by atoms with van der Waals surface area (Å²) in [6.45, 7) is 1.01. The Morgan fingerprint density at radius 3 is 2.83 bits per heavy atom. The lowest BCUT2D eigenvalue weighted by molar-refractivity contribution is 0.359. The molecule has 1 N–H and O–H groups in total. The molecule has 0 aliphatic carbocycles. The van der Waals surface area contributed by atoms with Crippen molar-refractivity contribution in [1.29, 1.82) is 0 Å². The van der Waals surface area contributed by atoms with Gasteiger partial charge in [-0.05, 0) is 61.0 Å². The van der Waals surface area contributed by atoms with E-state index < -0.39 is 0 Å². The van der Waals surface area contributed by atoms with Crippen LogP contribution in [0.15, 0.2) is 60.9 Å². The summed E-state index contributed by atoms with van der Waals surface area (Å²) in [6.07, 6.45) is 6.92. The maximum Gasteiger partial charge on any atom is 0.147 e. The highest BCUT2D eigenvalue weighted by atomic mass is 35.5. The molecule has 1 saturated heterocycles. The zero-order valence-electron chi connectivity index (χ0n) is 15.9. The van der Waals surface area contributed by atoms with Gasteiger partial charge < -0.3 is 5.32 Å². The number of rotatable bonds is 4. The number of benzene rings is 2. The summed E-state index contributed by atoms with van der Waals surface area (Å²) in [7, 11) is 0. The Bertz CT molecular complexity index is 1130. The van der Waals surface area contributed by atoms with Crippen molar-refractivity contribution in [3.05, 3.63) is 76.5 Å². The Labute approximate surface area is 179 Å². The van der Waals surface area contributed by atoms with Crippen LogP contribution < -0.4 is 5.32 Å². The van der Waals surface area contributed by atoms with E-state index in [4.69, 9.17) is 11.6 Å². The van der Waals surface area contributed by atoms with E-state index in [9.17, 15) is 0 Å². The second kappa shape index (κ2) is 8.19. The number of halogens is 1. The molecular formula is C23H21ClN4S. The van der Waals surface area contributed by atoms with Crippen molar-refractivity contribution >= 4 is 33.7 Å². The second-order valence-corrected chi connectivity index (χ2v) is 9.03. The number of fused-ring (bicyclic) bond motifs is 1. The van der Waals surface area contributed by atoms with Crippen LogP contribution in [-0.4, -0.2) is 27.8 Å². The molecule has 0 bridgehead atoms. The fraction of sp³-hybridized carbons (Fsp3) is 0.261. The first kappa shape index (κ1) is 18.7. The lowest BCUT2D eigenvalue weighted by atomic mass is 9.89. The summed E-state index contributed by atoms with van der Waals surface area (Å²) in [4.78, 5) is 4.18. The van der Waals surface area contributed by atoms with Gasteiger partial charge in [-0.15, -0.1) is 10.2 Å². The number of aromatic nitrogens is 3. The molecule has 2 atom stereocenters. The molecule has 1 unspecified atom stereocenters. The molecule has 146 valence electrons. The zero-order chi connectivity index (χ0) is 19.6. The van der Waals surface area contributed by atoms with E-state index >= 15 is 0 Å². The zero-order valence-corrected chi connectivity index (χ0v) is 17.5. The first-order valence-electron chi connectivity index (χ1n) is 9.90. The smallest absolute Gasteiger partial charge is 0.147 e. The van der Waals surface area contributed by atoms with Gasteiger partial charge in [0.05, 0.1) is 0 Å². The van der Waals surface area contributed by atoms with E-state index in [1.165, 1.54) is 10.9 Å². The average molecular weight is 421 g/mol. The van der Waals surface area contributed by atoms with Crippen molar-refractivity contribution in [1.82, 2.24) is 20.5 Å². The predicted molar refractivity (Wildman–Crippen MR) is 120 cm³/mol. The SMILES string of the molecule is Clc1ccc(C[C@H]2CC(c3nnc(-c4ccc5cnccc5c4)s3)CCN2)cc1. The van der Waals surface area contributed by atoms with Crippen LogP contribution in [0.25, 0.3) is 21.3 Å². The summed E-state index contributed by atoms with van der Waals surface area (Å²) in [6, 6.07) is 17.0. The molecule has 4 nitrogen and oxygen atoms in total. The minimum absolute atomic E-state index is 0.454. The summed E-state index contributed by atoms with van der Waals surface area (Å²) >= 11 is 7.74. The Morgan fingerprint density at radius 2 is 1.93 bits per heavy atom.